The second kappa shape index (κ2) is 8.40. The van der Waals surface area contributed by atoms with Crippen molar-refractivity contribution in [2.75, 3.05) is 13.7 Å². The lowest BCUT2D eigenvalue weighted by Gasteiger charge is -2.22. The van der Waals surface area contributed by atoms with Crippen LogP contribution in [0.1, 0.15) is 24.0 Å². The molecule has 0 amide bonds. The molecule has 2 atom stereocenters. The molecule has 0 aromatic heterocycles. The van der Waals surface area contributed by atoms with Crippen molar-refractivity contribution in [3.63, 3.8) is 0 Å². The summed E-state index contributed by atoms with van der Waals surface area (Å²) in [6.45, 7) is 8.11. The van der Waals surface area contributed by atoms with Crippen molar-refractivity contribution < 1.29 is 4.74 Å². The first-order valence-corrected chi connectivity index (χ1v) is 7.75. The highest BCUT2D eigenvalue weighted by Gasteiger charge is 2.16. The maximum absolute atomic E-state index is 5.32. The van der Waals surface area contributed by atoms with Gasteiger partial charge in [-0.25, -0.2) is 0 Å². The molecular formula is C20H25NO. The minimum Gasteiger partial charge on any atom is -0.497 e. The molecule has 0 saturated heterocycles. The van der Waals surface area contributed by atoms with Gasteiger partial charge in [-0.3, -0.25) is 0 Å². The average molecular weight is 295 g/mol. The van der Waals surface area contributed by atoms with Crippen LogP contribution in [-0.2, 0) is 6.54 Å². The quantitative estimate of drug-likeness (QED) is 0.729. The van der Waals surface area contributed by atoms with Gasteiger partial charge in [0.25, 0.3) is 0 Å². The van der Waals surface area contributed by atoms with E-state index in [2.05, 4.69) is 55.2 Å². The fourth-order valence-corrected chi connectivity index (χ4v) is 2.71. The highest BCUT2D eigenvalue weighted by atomic mass is 16.5. The van der Waals surface area contributed by atoms with Gasteiger partial charge in [0.15, 0.2) is 0 Å². The number of hydrogen-bond acceptors (Lipinski definition) is 2. The van der Waals surface area contributed by atoms with E-state index in [9.17, 15) is 0 Å². The molecule has 22 heavy (non-hydrogen) atoms. The van der Waals surface area contributed by atoms with E-state index in [0.717, 1.165) is 18.8 Å². The highest BCUT2D eigenvalue weighted by Crippen LogP contribution is 2.28. The zero-order chi connectivity index (χ0) is 15.8. The van der Waals surface area contributed by atoms with Gasteiger partial charge >= 0.3 is 0 Å². The second-order valence-corrected chi connectivity index (χ2v) is 5.63. The van der Waals surface area contributed by atoms with E-state index in [1.165, 1.54) is 11.1 Å². The first-order chi connectivity index (χ1) is 10.7. The molecule has 0 aliphatic heterocycles. The normalized spacial score (nSPS) is 13.4. The van der Waals surface area contributed by atoms with Crippen LogP contribution < -0.4 is 10.1 Å². The van der Waals surface area contributed by atoms with Crippen LogP contribution in [0.2, 0.25) is 0 Å². The number of benzene rings is 2. The minimum atomic E-state index is 0.318. The average Bonchev–Trinajstić information content (AvgIpc) is 2.57. The smallest absolute Gasteiger partial charge is 0.119 e. The van der Waals surface area contributed by atoms with Crippen LogP contribution in [0.5, 0.6) is 5.75 Å². The lowest BCUT2D eigenvalue weighted by atomic mass is 9.87. The molecule has 2 aromatic rings. The van der Waals surface area contributed by atoms with Crippen molar-refractivity contribution in [3.8, 4) is 5.75 Å². The van der Waals surface area contributed by atoms with E-state index in [1.54, 1.807) is 7.11 Å². The standard InChI is InChI=1S/C20H25NO/c1-4-20(18-11-8-12-19(13-18)22-3)16(2)14-21-15-17-9-6-5-7-10-17/h4-13,16,20-21H,1,14-15H2,2-3H3/t16?,20-/m1/s1. The summed E-state index contributed by atoms with van der Waals surface area (Å²) < 4.78 is 5.32. The third-order valence-electron chi connectivity index (χ3n) is 3.98. The molecule has 2 heteroatoms. The van der Waals surface area contributed by atoms with Crippen molar-refractivity contribution in [1.82, 2.24) is 5.32 Å². The molecule has 0 spiro atoms. The van der Waals surface area contributed by atoms with Crippen LogP contribution >= 0.6 is 0 Å². The van der Waals surface area contributed by atoms with Crippen LogP contribution in [0.25, 0.3) is 0 Å². The Balaban J connectivity index is 1.93. The number of rotatable bonds is 8. The summed E-state index contributed by atoms with van der Waals surface area (Å²) in [7, 11) is 1.70. The van der Waals surface area contributed by atoms with E-state index >= 15 is 0 Å². The Hall–Kier alpha value is -2.06. The van der Waals surface area contributed by atoms with Crippen LogP contribution in [0.15, 0.2) is 67.3 Å². The van der Waals surface area contributed by atoms with Gasteiger partial charge < -0.3 is 10.1 Å². The van der Waals surface area contributed by atoms with Gasteiger partial charge in [0.05, 0.1) is 7.11 Å². The number of hydrogen-bond donors (Lipinski definition) is 1. The van der Waals surface area contributed by atoms with E-state index in [4.69, 9.17) is 4.74 Å². The first kappa shape index (κ1) is 16.3. The summed E-state index contributed by atoms with van der Waals surface area (Å²) >= 11 is 0. The molecule has 0 heterocycles. The fourth-order valence-electron chi connectivity index (χ4n) is 2.71. The monoisotopic (exact) mass is 295 g/mol. The van der Waals surface area contributed by atoms with Gasteiger partial charge in [-0.1, -0.05) is 55.5 Å². The molecule has 0 bridgehead atoms. The molecule has 0 aliphatic rings. The Kier molecular flexibility index (Phi) is 6.23. The van der Waals surface area contributed by atoms with Gasteiger partial charge in [0.2, 0.25) is 0 Å². The highest BCUT2D eigenvalue weighted by molar-refractivity contribution is 5.33. The Morgan fingerprint density at radius 1 is 1.14 bits per heavy atom. The number of methoxy groups -OCH3 is 1. The molecule has 2 nitrogen and oxygen atoms in total. The Morgan fingerprint density at radius 2 is 1.91 bits per heavy atom. The van der Waals surface area contributed by atoms with Crippen molar-refractivity contribution >= 4 is 0 Å². The number of ether oxygens (including phenoxy) is 1. The maximum atomic E-state index is 5.32. The summed E-state index contributed by atoms with van der Waals surface area (Å²) in [6, 6.07) is 18.7. The second-order valence-electron chi connectivity index (χ2n) is 5.63. The molecule has 0 fully saturated rings. The van der Waals surface area contributed by atoms with Gasteiger partial charge in [0.1, 0.15) is 5.75 Å². The van der Waals surface area contributed by atoms with Crippen LogP contribution in [0.4, 0.5) is 0 Å². The molecule has 0 saturated carbocycles. The van der Waals surface area contributed by atoms with E-state index in [1.807, 2.05) is 24.3 Å². The lowest BCUT2D eigenvalue weighted by Crippen LogP contribution is -2.24. The van der Waals surface area contributed by atoms with Crippen molar-refractivity contribution in [2.45, 2.75) is 19.4 Å². The third kappa shape index (κ3) is 4.47. The summed E-state index contributed by atoms with van der Waals surface area (Å²) in [5.41, 5.74) is 2.56. The van der Waals surface area contributed by atoms with Gasteiger partial charge in [0, 0.05) is 12.5 Å². The van der Waals surface area contributed by atoms with E-state index < -0.39 is 0 Å². The van der Waals surface area contributed by atoms with Crippen molar-refractivity contribution in [1.29, 1.82) is 0 Å². The van der Waals surface area contributed by atoms with Crippen molar-refractivity contribution in [3.05, 3.63) is 78.4 Å². The van der Waals surface area contributed by atoms with Crippen LogP contribution in [-0.4, -0.2) is 13.7 Å². The summed E-state index contributed by atoms with van der Waals surface area (Å²) in [5.74, 6) is 1.68. The first-order valence-electron chi connectivity index (χ1n) is 7.75. The summed E-state index contributed by atoms with van der Waals surface area (Å²) in [4.78, 5) is 0. The van der Waals surface area contributed by atoms with E-state index in [-0.39, 0.29) is 0 Å². The number of allylic oxidation sites excluding steroid dienone is 1. The van der Waals surface area contributed by atoms with Crippen molar-refractivity contribution in [2.24, 2.45) is 5.92 Å². The van der Waals surface area contributed by atoms with Gasteiger partial charge in [-0.05, 0) is 35.7 Å². The largest absolute Gasteiger partial charge is 0.497 e. The molecule has 116 valence electrons. The lowest BCUT2D eigenvalue weighted by molar-refractivity contribution is 0.412. The SMILES string of the molecule is C=C[C@@H](c1cccc(OC)c1)C(C)CNCc1ccccc1. The topological polar surface area (TPSA) is 21.3 Å². The minimum absolute atomic E-state index is 0.318. The zero-order valence-electron chi connectivity index (χ0n) is 13.5. The van der Waals surface area contributed by atoms with Gasteiger partial charge in [-0.15, -0.1) is 6.58 Å². The fraction of sp³-hybridized carbons (Fsp3) is 0.300. The van der Waals surface area contributed by atoms with E-state index in [0.29, 0.717) is 11.8 Å². The number of nitrogens with one attached hydrogen (secondary N) is 1. The van der Waals surface area contributed by atoms with Gasteiger partial charge in [-0.2, -0.15) is 0 Å². The predicted molar refractivity (Wildman–Crippen MR) is 93.2 cm³/mol. The Labute approximate surface area is 133 Å². The maximum Gasteiger partial charge on any atom is 0.119 e. The molecule has 0 radical (unpaired) electrons. The summed E-state index contributed by atoms with van der Waals surface area (Å²) in [5, 5.41) is 3.54. The molecule has 0 aliphatic carbocycles. The molecule has 2 rings (SSSR count). The molecular weight excluding hydrogens is 270 g/mol. The summed E-state index contributed by atoms with van der Waals surface area (Å²) in [6.07, 6.45) is 2.03. The Bertz CT molecular complexity index is 579. The molecule has 1 N–H and O–H groups in total. The van der Waals surface area contributed by atoms with Crippen LogP contribution in [0, 0.1) is 5.92 Å². The Morgan fingerprint density at radius 3 is 2.59 bits per heavy atom. The predicted octanol–water partition coefficient (Wildman–Crippen LogP) is 4.39. The third-order valence-corrected chi connectivity index (χ3v) is 3.98. The van der Waals surface area contributed by atoms with Crippen LogP contribution in [0.3, 0.4) is 0 Å². The zero-order valence-corrected chi connectivity index (χ0v) is 13.5. The molecule has 2 aromatic carbocycles. The molecule has 1 unspecified atom stereocenters.